The number of nitrogens with zero attached hydrogens (tertiary/aromatic N) is 2. The fourth-order valence-electron chi connectivity index (χ4n) is 4.68. The Morgan fingerprint density at radius 2 is 1.31 bits per heavy atom. The minimum Gasteiger partial charge on any atom is -0.393 e. The minimum atomic E-state index is -0.211. The van der Waals surface area contributed by atoms with E-state index in [4.69, 9.17) is 0 Å². The molecule has 1 aromatic heterocycles. The molecule has 1 aliphatic heterocycles. The van der Waals surface area contributed by atoms with Crippen molar-refractivity contribution in [1.82, 2.24) is 4.57 Å². The number of carbonyl (C=O) groups excluding carboxylic acids is 2. The fraction of sp³-hybridized carbons (Fsp3) is 0.226. The molecule has 8 nitrogen and oxygen atoms in total. The van der Waals surface area contributed by atoms with Gasteiger partial charge in [0.15, 0.2) is 0 Å². The van der Waals surface area contributed by atoms with Crippen LogP contribution in [-0.4, -0.2) is 40.7 Å². The van der Waals surface area contributed by atoms with Crippen molar-refractivity contribution < 1.29 is 14.7 Å². The number of rotatable bonds is 8. The molecule has 0 bridgehead atoms. The van der Waals surface area contributed by atoms with Crippen LogP contribution in [0.2, 0.25) is 0 Å². The molecule has 0 saturated carbocycles. The van der Waals surface area contributed by atoms with Crippen LogP contribution < -0.4 is 20.9 Å². The maximum Gasteiger partial charge on any atom is 0.272 e. The number of aliphatic hydroxyl groups excluding tert-OH is 1. The minimum absolute atomic E-state index is 0.140. The van der Waals surface area contributed by atoms with Crippen LogP contribution >= 0.6 is 0 Å². The molecule has 2 heterocycles. The summed E-state index contributed by atoms with van der Waals surface area (Å²) in [5, 5.41) is 18.9. The van der Waals surface area contributed by atoms with E-state index in [2.05, 4.69) is 20.9 Å². The predicted octanol–water partition coefficient (Wildman–Crippen LogP) is 5.72. The van der Waals surface area contributed by atoms with E-state index in [1.165, 1.54) is 0 Å². The second-order valence-electron chi connectivity index (χ2n) is 9.63. The Labute approximate surface area is 228 Å². The molecule has 4 N–H and O–H groups in total. The maximum absolute atomic E-state index is 12.7. The molecule has 2 amide bonds. The molecule has 0 aliphatic carbocycles. The van der Waals surface area contributed by atoms with Gasteiger partial charge in [0.2, 0.25) is 0 Å². The molecule has 0 atom stereocenters. The van der Waals surface area contributed by atoms with E-state index < -0.39 is 0 Å². The molecule has 39 heavy (non-hydrogen) atoms. The van der Waals surface area contributed by atoms with Crippen LogP contribution in [0.15, 0.2) is 91.1 Å². The summed E-state index contributed by atoms with van der Waals surface area (Å²) in [6.07, 6.45) is 3.22. The van der Waals surface area contributed by atoms with E-state index in [-0.39, 0.29) is 17.9 Å². The van der Waals surface area contributed by atoms with E-state index in [0.717, 1.165) is 55.2 Å². The van der Waals surface area contributed by atoms with Gasteiger partial charge in [-0.2, -0.15) is 0 Å². The smallest absolute Gasteiger partial charge is 0.272 e. The van der Waals surface area contributed by atoms with Gasteiger partial charge in [0, 0.05) is 59.8 Å². The van der Waals surface area contributed by atoms with Crippen LogP contribution in [0, 0.1) is 0 Å². The molecule has 8 heteroatoms. The van der Waals surface area contributed by atoms with E-state index in [0.29, 0.717) is 16.9 Å². The number of benzene rings is 3. The van der Waals surface area contributed by atoms with Crippen molar-refractivity contribution in [1.29, 1.82) is 0 Å². The largest absolute Gasteiger partial charge is 0.393 e. The van der Waals surface area contributed by atoms with Gasteiger partial charge in [-0.25, -0.2) is 0 Å². The lowest BCUT2D eigenvalue weighted by atomic mass is 10.1. The lowest BCUT2D eigenvalue weighted by molar-refractivity contribution is 0.101. The van der Waals surface area contributed by atoms with Crippen LogP contribution in [0.4, 0.5) is 28.4 Å². The van der Waals surface area contributed by atoms with E-state index in [1.807, 2.05) is 96.6 Å². The molecule has 0 spiro atoms. The molecular weight excluding hydrogens is 490 g/mol. The number of anilines is 5. The summed E-state index contributed by atoms with van der Waals surface area (Å²) in [5.74, 6) is -0.306. The van der Waals surface area contributed by atoms with Gasteiger partial charge in [-0.05, 0) is 105 Å². The second-order valence-corrected chi connectivity index (χ2v) is 9.63. The predicted molar refractivity (Wildman–Crippen MR) is 156 cm³/mol. The number of amides is 2. The van der Waals surface area contributed by atoms with E-state index in [9.17, 15) is 14.7 Å². The Hall–Kier alpha value is -4.56. The number of nitrogens with one attached hydrogen (secondary N) is 3. The van der Waals surface area contributed by atoms with Crippen molar-refractivity contribution in [3.8, 4) is 0 Å². The molecule has 200 valence electrons. The first-order chi connectivity index (χ1) is 19.0. The third kappa shape index (κ3) is 6.48. The van der Waals surface area contributed by atoms with Crippen molar-refractivity contribution in [2.24, 2.45) is 0 Å². The number of piperidine rings is 1. The molecule has 1 fully saturated rings. The van der Waals surface area contributed by atoms with Crippen molar-refractivity contribution in [3.63, 3.8) is 0 Å². The number of aromatic nitrogens is 1. The second kappa shape index (κ2) is 11.9. The molecule has 0 unspecified atom stereocenters. The van der Waals surface area contributed by atoms with Crippen LogP contribution in [0.1, 0.15) is 40.6 Å². The summed E-state index contributed by atoms with van der Waals surface area (Å²) in [7, 11) is 0. The topological polar surface area (TPSA) is 98.6 Å². The lowest BCUT2D eigenvalue weighted by Crippen LogP contribution is -2.35. The molecule has 1 aliphatic rings. The fourth-order valence-corrected chi connectivity index (χ4v) is 4.68. The highest BCUT2D eigenvalue weighted by molar-refractivity contribution is 6.04. The van der Waals surface area contributed by atoms with Gasteiger partial charge < -0.3 is 30.5 Å². The molecule has 1 saturated heterocycles. The molecular formula is C31H33N5O3. The highest BCUT2D eigenvalue weighted by Crippen LogP contribution is 2.23. The average Bonchev–Trinajstić information content (AvgIpc) is 3.45. The molecule has 0 radical (unpaired) electrons. The normalized spacial score (nSPS) is 13.6. The SMILES string of the molecule is CCn1cccc1C(=O)Nc1ccc(Nc2ccc(NC(=O)c3ccc(N4CCC(O)CC4)cc3)cc2)cc1. The molecule has 5 rings (SSSR count). The zero-order valence-corrected chi connectivity index (χ0v) is 21.9. The first-order valence-corrected chi connectivity index (χ1v) is 13.3. The summed E-state index contributed by atoms with van der Waals surface area (Å²) in [6.45, 7) is 4.38. The standard InChI is InChI=1S/C31H33N5O3/c1-2-35-19-3-4-29(35)31(39)34-26-13-9-24(10-14-26)32-23-7-11-25(12-8-23)33-30(38)22-5-15-27(16-6-22)36-20-17-28(37)18-21-36/h3-16,19,28,32,37H,2,17-18,20-21H2,1H3,(H,33,38)(H,34,39). The van der Waals surface area contributed by atoms with Gasteiger partial charge in [-0.1, -0.05) is 0 Å². The Morgan fingerprint density at radius 3 is 1.87 bits per heavy atom. The van der Waals surface area contributed by atoms with Crippen LogP contribution in [0.25, 0.3) is 0 Å². The summed E-state index contributed by atoms with van der Waals surface area (Å²) >= 11 is 0. The summed E-state index contributed by atoms with van der Waals surface area (Å²) < 4.78 is 1.90. The Bertz CT molecular complexity index is 1400. The summed E-state index contributed by atoms with van der Waals surface area (Å²) in [5.41, 5.74) is 5.46. The Balaban J connectivity index is 1.13. The van der Waals surface area contributed by atoms with Crippen LogP contribution in [-0.2, 0) is 6.54 Å². The van der Waals surface area contributed by atoms with Crippen LogP contribution in [0.3, 0.4) is 0 Å². The van der Waals surface area contributed by atoms with Gasteiger partial charge in [0.1, 0.15) is 5.69 Å². The van der Waals surface area contributed by atoms with Gasteiger partial charge in [0.05, 0.1) is 6.10 Å². The highest BCUT2D eigenvalue weighted by atomic mass is 16.3. The Kier molecular flexibility index (Phi) is 7.94. The highest BCUT2D eigenvalue weighted by Gasteiger charge is 2.17. The van der Waals surface area contributed by atoms with E-state index in [1.54, 1.807) is 6.07 Å². The van der Waals surface area contributed by atoms with Gasteiger partial charge in [-0.3, -0.25) is 9.59 Å². The number of aryl methyl sites for hydroxylation is 1. The first-order valence-electron chi connectivity index (χ1n) is 13.3. The van der Waals surface area contributed by atoms with Crippen molar-refractivity contribution in [2.75, 3.05) is 33.9 Å². The third-order valence-corrected chi connectivity index (χ3v) is 6.94. The number of carbonyl (C=O) groups is 2. The Morgan fingerprint density at radius 1 is 0.769 bits per heavy atom. The summed E-state index contributed by atoms with van der Waals surface area (Å²) in [6, 6.07) is 26.3. The molecule has 3 aromatic carbocycles. The summed E-state index contributed by atoms with van der Waals surface area (Å²) in [4.78, 5) is 27.5. The zero-order chi connectivity index (χ0) is 27.2. The third-order valence-electron chi connectivity index (χ3n) is 6.94. The van der Waals surface area contributed by atoms with Gasteiger partial charge >= 0.3 is 0 Å². The first kappa shape index (κ1) is 26.1. The quantitative estimate of drug-likeness (QED) is 0.237. The number of hydrogen-bond acceptors (Lipinski definition) is 5. The maximum atomic E-state index is 12.7. The van der Waals surface area contributed by atoms with E-state index >= 15 is 0 Å². The van der Waals surface area contributed by atoms with Crippen molar-refractivity contribution in [3.05, 3.63) is 102 Å². The van der Waals surface area contributed by atoms with Gasteiger partial charge in [-0.15, -0.1) is 0 Å². The van der Waals surface area contributed by atoms with Crippen molar-refractivity contribution in [2.45, 2.75) is 32.4 Å². The van der Waals surface area contributed by atoms with Gasteiger partial charge in [0.25, 0.3) is 11.8 Å². The van der Waals surface area contributed by atoms with Crippen molar-refractivity contribution >= 4 is 40.3 Å². The lowest BCUT2D eigenvalue weighted by Gasteiger charge is -2.31. The molecule has 4 aromatic rings. The monoisotopic (exact) mass is 523 g/mol. The number of aliphatic hydroxyl groups is 1. The zero-order valence-electron chi connectivity index (χ0n) is 21.9. The number of hydrogen-bond donors (Lipinski definition) is 4. The average molecular weight is 524 g/mol. The van der Waals surface area contributed by atoms with Crippen LogP contribution in [0.5, 0.6) is 0 Å².